The molecule has 8 heteroatoms. The second-order valence-electron chi connectivity index (χ2n) is 8.59. The number of amides is 2. The Labute approximate surface area is 193 Å². The summed E-state index contributed by atoms with van der Waals surface area (Å²) in [5, 5.41) is 2.63. The summed E-state index contributed by atoms with van der Waals surface area (Å²) >= 11 is 0. The van der Waals surface area contributed by atoms with Gasteiger partial charge in [0.15, 0.2) is 0 Å². The average Bonchev–Trinajstić information content (AvgIpc) is 2.69. The molecular formula is C24H41N3O5. The fourth-order valence-corrected chi connectivity index (χ4v) is 2.64. The molecule has 0 spiro atoms. The lowest BCUT2D eigenvalue weighted by Crippen LogP contribution is -2.45. The number of hydrogen-bond acceptors (Lipinski definition) is 5. The van der Waals surface area contributed by atoms with Crippen LogP contribution in [0.2, 0.25) is 0 Å². The molecule has 1 atom stereocenters. The predicted octanol–water partition coefficient (Wildman–Crippen LogP) is 4.75. The summed E-state index contributed by atoms with van der Waals surface area (Å²) in [5.74, 6) is -0.861. The zero-order valence-electron chi connectivity index (χ0n) is 20.4. The number of rotatable bonds is 13. The van der Waals surface area contributed by atoms with Crippen molar-refractivity contribution in [3.63, 3.8) is 0 Å². The molecule has 182 valence electrons. The molecule has 0 aliphatic rings. The van der Waals surface area contributed by atoms with E-state index in [2.05, 4.69) is 23.5 Å². The first-order valence-electron chi connectivity index (χ1n) is 11.3. The highest BCUT2D eigenvalue weighted by atomic mass is 16.6. The third-order valence-corrected chi connectivity index (χ3v) is 4.33. The minimum Gasteiger partial charge on any atom is -0.457 e. The van der Waals surface area contributed by atoms with Crippen LogP contribution >= 0.6 is 0 Å². The number of esters is 1. The van der Waals surface area contributed by atoms with Crippen molar-refractivity contribution in [2.45, 2.75) is 90.8 Å². The van der Waals surface area contributed by atoms with E-state index in [0.29, 0.717) is 12.8 Å². The minimum absolute atomic E-state index is 0.0566. The van der Waals surface area contributed by atoms with Crippen molar-refractivity contribution >= 4 is 23.9 Å². The van der Waals surface area contributed by atoms with Crippen molar-refractivity contribution in [1.82, 2.24) is 10.2 Å². The summed E-state index contributed by atoms with van der Waals surface area (Å²) in [4.78, 5) is 42.0. The minimum atomic E-state index is -0.854. The predicted molar refractivity (Wildman–Crippen MR) is 127 cm³/mol. The van der Waals surface area contributed by atoms with E-state index in [1.54, 1.807) is 33.9 Å². The summed E-state index contributed by atoms with van der Waals surface area (Å²) in [6, 6.07) is 0. The molecule has 32 heavy (non-hydrogen) atoms. The van der Waals surface area contributed by atoms with Crippen LogP contribution in [0.3, 0.4) is 0 Å². The highest BCUT2D eigenvalue weighted by Crippen LogP contribution is 2.09. The van der Waals surface area contributed by atoms with Crippen LogP contribution in [-0.4, -0.2) is 54.1 Å². The van der Waals surface area contributed by atoms with Crippen LogP contribution in [-0.2, 0) is 19.1 Å². The molecule has 0 saturated heterocycles. The Kier molecular flexibility index (Phi) is 14.7. The molecule has 0 aliphatic carbocycles. The van der Waals surface area contributed by atoms with Gasteiger partial charge in [-0.15, -0.1) is 11.6 Å². The van der Waals surface area contributed by atoms with Crippen LogP contribution in [0, 0.1) is 0 Å². The topological polar surface area (TPSA) is 97.3 Å². The van der Waals surface area contributed by atoms with Crippen molar-refractivity contribution < 1.29 is 23.9 Å². The van der Waals surface area contributed by atoms with Gasteiger partial charge in [0.2, 0.25) is 11.9 Å². The standard InChI is InChI=1S/C24H41N3O5/c1-8-11-12-13-14-15-16-17-20(28)25-22(26-23(30)32-24(4,5)6)27(7)18-21(29)31-19(9-2)10-3/h8-9,19H,1-2,10-18H2,3-7H3,(H,25,26,28,30). The van der Waals surface area contributed by atoms with Crippen LogP contribution in [0.4, 0.5) is 4.79 Å². The molecule has 1 unspecified atom stereocenters. The first-order chi connectivity index (χ1) is 15.0. The molecular weight excluding hydrogens is 410 g/mol. The van der Waals surface area contributed by atoms with Crippen LogP contribution in [0.25, 0.3) is 0 Å². The zero-order valence-corrected chi connectivity index (χ0v) is 20.4. The van der Waals surface area contributed by atoms with Crippen molar-refractivity contribution in [2.24, 2.45) is 4.99 Å². The van der Waals surface area contributed by atoms with E-state index in [4.69, 9.17) is 9.47 Å². The second-order valence-corrected chi connectivity index (χ2v) is 8.59. The number of likely N-dealkylation sites (N-methyl/N-ethyl adjacent to an activating group) is 1. The van der Waals surface area contributed by atoms with Gasteiger partial charge in [-0.2, -0.15) is 0 Å². The maximum atomic E-state index is 12.4. The van der Waals surface area contributed by atoms with E-state index in [9.17, 15) is 14.4 Å². The molecule has 0 fully saturated rings. The van der Waals surface area contributed by atoms with Crippen LogP contribution in [0.15, 0.2) is 30.3 Å². The first-order valence-corrected chi connectivity index (χ1v) is 11.3. The number of unbranched alkanes of at least 4 members (excludes halogenated alkanes) is 5. The van der Waals surface area contributed by atoms with E-state index in [1.165, 1.54) is 4.90 Å². The lowest BCUT2D eigenvalue weighted by Gasteiger charge is -2.23. The Morgan fingerprint density at radius 2 is 1.72 bits per heavy atom. The summed E-state index contributed by atoms with van der Waals surface area (Å²) in [6.45, 7) is 14.2. The fourth-order valence-electron chi connectivity index (χ4n) is 2.64. The van der Waals surface area contributed by atoms with Gasteiger partial charge < -0.3 is 14.4 Å². The van der Waals surface area contributed by atoms with Gasteiger partial charge in [-0.1, -0.05) is 44.9 Å². The number of ether oxygens (including phenoxy) is 2. The number of nitrogens with zero attached hydrogens (tertiary/aromatic N) is 2. The molecule has 0 aromatic carbocycles. The smallest absolute Gasteiger partial charge is 0.437 e. The molecule has 0 radical (unpaired) electrons. The van der Waals surface area contributed by atoms with Crippen molar-refractivity contribution in [1.29, 1.82) is 0 Å². The molecule has 0 heterocycles. The number of guanidine groups is 1. The molecule has 2 amide bonds. The van der Waals surface area contributed by atoms with Gasteiger partial charge in [-0.05, 0) is 46.5 Å². The second kappa shape index (κ2) is 16.1. The Morgan fingerprint density at radius 1 is 1.09 bits per heavy atom. The lowest BCUT2D eigenvalue weighted by atomic mass is 10.1. The summed E-state index contributed by atoms with van der Waals surface area (Å²) in [7, 11) is 1.54. The third-order valence-electron chi connectivity index (χ3n) is 4.33. The van der Waals surface area contributed by atoms with Crippen molar-refractivity contribution in [3.05, 3.63) is 25.3 Å². The lowest BCUT2D eigenvalue weighted by molar-refractivity contribution is -0.147. The monoisotopic (exact) mass is 451 g/mol. The van der Waals surface area contributed by atoms with Gasteiger partial charge in [-0.3, -0.25) is 14.9 Å². The van der Waals surface area contributed by atoms with Crippen molar-refractivity contribution in [3.8, 4) is 0 Å². The van der Waals surface area contributed by atoms with E-state index < -0.39 is 23.8 Å². The maximum absolute atomic E-state index is 12.4. The number of carbonyl (C=O) groups excluding carboxylic acids is 3. The SMILES string of the molecule is C=CCCCCCCCC(=O)NC(=NC(=O)OC(C)(C)C)N(C)CC(=O)OC(C=C)CC. The largest absolute Gasteiger partial charge is 0.457 e. The molecule has 8 nitrogen and oxygen atoms in total. The van der Waals surface area contributed by atoms with Gasteiger partial charge in [0, 0.05) is 13.5 Å². The number of hydrogen-bond donors (Lipinski definition) is 1. The van der Waals surface area contributed by atoms with Gasteiger partial charge in [0.1, 0.15) is 18.2 Å². The van der Waals surface area contributed by atoms with Gasteiger partial charge in [0.05, 0.1) is 0 Å². The normalized spacial score (nSPS) is 12.5. The molecule has 0 saturated carbocycles. The van der Waals surface area contributed by atoms with Crippen LogP contribution in [0.1, 0.15) is 79.1 Å². The Morgan fingerprint density at radius 3 is 2.28 bits per heavy atom. The number of allylic oxidation sites excluding steroid dienone is 1. The fraction of sp³-hybridized carbons (Fsp3) is 0.667. The average molecular weight is 452 g/mol. The molecule has 1 N–H and O–H groups in total. The molecule has 0 rings (SSSR count). The van der Waals surface area contributed by atoms with E-state index in [1.807, 2.05) is 13.0 Å². The molecule has 0 aliphatic heterocycles. The summed E-state index contributed by atoms with van der Waals surface area (Å²) < 4.78 is 10.5. The molecule has 0 aromatic heterocycles. The van der Waals surface area contributed by atoms with E-state index >= 15 is 0 Å². The zero-order chi connectivity index (χ0) is 24.6. The Balaban J connectivity index is 4.98. The highest BCUT2D eigenvalue weighted by Gasteiger charge is 2.21. The number of carbonyl (C=O) groups is 3. The summed E-state index contributed by atoms with van der Waals surface area (Å²) in [6.07, 6.45) is 9.02. The highest BCUT2D eigenvalue weighted by molar-refractivity contribution is 6.01. The Hall–Kier alpha value is -2.64. The van der Waals surface area contributed by atoms with Gasteiger partial charge in [-0.25, -0.2) is 4.79 Å². The summed E-state index contributed by atoms with van der Waals surface area (Å²) in [5.41, 5.74) is -0.739. The van der Waals surface area contributed by atoms with Gasteiger partial charge >= 0.3 is 12.1 Å². The van der Waals surface area contributed by atoms with E-state index in [0.717, 1.165) is 38.5 Å². The van der Waals surface area contributed by atoms with Gasteiger partial charge in [0.25, 0.3) is 0 Å². The number of nitrogens with one attached hydrogen (secondary N) is 1. The third kappa shape index (κ3) is 15.2. The quantitative estimate of drug-likeness (QED) is 0.143. The van der Waals surface area contributed by atoms with Crippen molar-refractivity contribution in [2.75, 3.05) is 13.6 Å². The maximum Gasteiger partial charge on any atom is 0.437 e. The molecule has 0 bridgehead atoms. The first kappa shape index (κ1) is 29.4. The molecule has 0 aromatic rings. The van der Waals surface area contributed by atoms with Crippen LogP contribution in [0.5, 0.6) is 0 Å². The Bertz CT molecular complexity index is 653. The van der Waals surface area contributed by atoms with E-state index in [-0.39, 0.29) is 18.4 Å². The van der Waals surface area contributed by atoms with Crippen LogP contribution < -0.4 is 5.32 Å². The number of aliphatic imine (C=N–C) groups is 1.